The van der Waals surface area contributed by atoms with Crippen LogP contribution in [0, 0.1) is 5.95 Å². The number of nitrogens with zero attached hydrogens (tertiary/aromatic N) is 1. The fourth-order valence-electron chi connectivity index (χ4n) is 0.809. The predicted octanol–water partition coefficient (Wildman–Crippen LogP) is 2.21. The van der Waals surface area contributed by atoms with Crippen LogP contribution in [0.2, 0.25) is 0 Å². The average Bonchev–Trinajstić information content (AvgIpc) is 2.05. The van der Waals surface area contributed by atoms with E-state index in [9.17, 15) is 4.39 Å². The predicted molar refractivity (Wildman–Crippen MR) is 47.5 cm³/mol. The molecule has 0 radical (unpaired) electrons. The quantitative estimate of drug-likeness (QED) is 0.421. The van der Waals surface area contributed by atoms with Gasteiger partial charge in [0.15, 0.2) is 0 Å². The highest BCUT2D eigenvalue weighted by Crippen LogP contribution is 2.02. The summed E-state index contributed by atoms with van der Waals surface area (Å²) >= 11 is 0. The van der Waals surface area contributed by atoms with Crippen molar-refractivity contribution in [2.24, 2.45) is 0 Å². The summed E-state index contributed by atoms with van der Waals surface area (Å²) in [5, 5.41) is 2.96. The van der Waals surface area contributed by atoms with Crippen LogP contribution in [0.25, 0.3) is 0 Å². The lowest BCUT2D eigenvalue weighted by atomic mass is 10.4. The molecule has 0 aliphatic heterocycles. The van der Waals surface area contributed by atoms with Crippen molar-refractivity contribution in [3.63, 3.8) is 0 Å². The van der Waals surface area contributed by atoms with Crippen LogP contribution >= 0.6 is 0 Å². The molecule has 3 heteroatoms. The summed E-state index contributed by atoms with van der Waals surface area (Å²) in [4.78, 5) is 3.63. The SMILES string of the molecule is C=CCCNc1cccc(F)n1. The topological polar surface area (TPSA) is 24.9 Å². The van der Waals surface area contributed by atoms with Gasteiger partial charge in [-0.2, -0.15) is 4.39 Å². The van der Waals surface area contributed by atoms with E-state index in [4.69, 9.17) is 0 Å². The highest BCUT2D eigenvalue weighted by molar-refractivity contribution is 5.33. The van der Waals surface area contributed by atoms with E-state index < -0.39 is 5.95 Å². The number of rotatable bonds is 4. The molecule has 0 fully saturated rings. The van der Waals surface area contributed by atoms with E-state index in [-0.39, 0.29) is 0 Å². The second-order valence-corrected chi connectivity index (χ2v) is 2.35. The van der Waals surface area contributed by atoms with Crippen LogP contribution in [0.1, 0.15) is 6.42 Å². The fourth-order valence-corrected chi connectivity index (χ4v) is 0.809. The molecule has 0 aliphatic carbocycles. The van der Waals surface area contributed by atoms with Crippen molar-refractivity contribution < 1.29 is 4.39 Å². The van der Waals surface area contributed by atoms with Crippen LogP contribution in [-0.4, -0.2) is 11.5 Å². The Balaban J connectivity index is 2.46. The fraction of sp³-hybridized carbons (Fsp3) is 0.222. The Morgan fingerprint density at radius 1 is 1.58 bits per heavy atom. The number of hydrogen-bond donors (Lipinski definition) is 1. The molecule has 0 unspecified atom stereocenters. The maximum Gasteiger partial charge on any atom is 0.214 e. The molecular formula is C9H11FN2. The van der Waals surface area contributed by atoms with Gasteiger partial charge in [-0.3, -0.25) is 0 Å². The Kier molecular flexibility index (Phi) is 3.26. The second kappa shape index (κ2) is 4.49. The first-order chi connectivity index (χ1) is 5.83. The zero-order chi connectivity index (χ0) is 8.81. The van der Waals surface area contributed by atoms with E-state index in [0.717, 1.165) is 13.0 Å². The Morgan fingerprint density at radius 2 is 2.42 bits per heavy atom. The lowest BCUT2D eigenvalue weighted by Gasteiger charge is -2.01. The maximum absolute atomic E-state index is 12.5. The number of pyridine rings is 1. The second-order valence-electron chi connectivity index (χ2n) is 2.35. The first kappa shape index (κ1) is 8.71. The van der Waals surface area contributed by atoms with Gasteiger partial charge in [0.1, 0.15) is 5.82 Å². The van der Waals surface area contributed by atoms with Gasteiger partial charge in [-0.1, -0.05) is 12.1 Å². The minimum atomic E-state index is -0.460. The molecule has 0 saturated carbocycles. The number of nitrogens with one attached hydrogen (secondary N) is 1. The summed E-state index contributed by atoms with van der Waals surface area (Å²) in [6, 6.07) is 4.67. The largest absolute Gasteiger partial charge is 0.370 e. The van der Waals surface area contributed by atoms with Crippen LogP contribution in [-0.2, 0) is 0 Å². The van der Waals surface area contributed by atoms with Gasteiger partial charge in [0.25, 0.3) is 0 Å². The van der Waals surface area contributed by atoms with Crippen molar-refractivity contribution in [2.45, 2.75) is 6.42 Å². The zero-order valence-electron chi connectivity index (χ0n) is 6.76. The molecule has 1 aromatic rings. The van der Waals surface area contributed by atoms with Crippen LogP contribution < -0.4 is 5.32 Å². The van der Waals surface area contributed by atoms with Crippen LogP contribution in [0.5, 0.6) is 0 Å². The standard InChI is InChI=1S/C9H11FN2/c1-2-3-7-11-9-6-4-5-8(10)12-9/h2,4-6H,1,3,7H2,(H,11,12). The highest BCUT2D eigenvalue weighted by Gasteiger charge is 1.93. The van der Waals surface area contributed by atoms with Gasteiger partial charge >= 0.3 is 0 Å². The lowest BCUT2D eigenvalue weighted by molar-refractivity contribution is 0.585. The van der Waals surface area contributed by atoms with Crippen molar-refractivity contribution >= 4 is 5.82 Å². The molecule has 0 spiro atoms. The van der Waals surface area contributed by atoms with Gasteiger partial charge < -0.3 is 5.32 Å². The minimum Gasteiger partial charge on any atom is -0.370 e. The molecule has 12 heavy (non-hydrogen) atoms. The maximum atomic E-state index is 12.5. The number of hydrogen-bond acceptors (Lipinski definition) is 2. The van der Waals surface area contributed by atoms with Crippen LogP contribution in [0.15, 0.2) is 30.9 Å². The molecule has 1 heterocycles. The minimum absolute atomic E-state index is 0.460. The highest BCUT2D eigenvalue weighted by atomic mass is 19.1. The number of halogens is 1. The first-order valence-corrected chi connectivity index (χ1v) is 3.80. The van der Waals surface area contributed by atoms with Gasteiger partial charge in [-0.05, 0) is 18.6 Å². The summed E-state index contributed by atoms with van der Waals surface area (Å²) in [6.07, 6.45) is 2.64. The Hall–Kier alpha value is -1.38. The number of anilines is 1. The van der Waals surface area contributed by atoms with Gasteiger partial charge in [0.05, 0.1) is 0 Å². The lowest BCUT2D eigenvalue weighted by Crippen LogP contribution is -2.02. The van der Waals surface area contributed by atoms with Crippen molar-refractivity contribution in [3.05, 3.63) is 36.8 Å². The molecule has 2 nitrogen and oxygen atoms in total. The molecular weight excluding hydrogens is 155 g/mol. The third kappa shape index (κ3) is 2.70. The van der Waals surface area contributed by atoms with E-state index in [1.165, 1.54) is 6.07 Å². The van der Waals surface area contributed by atoms with Gasteiger partial charge in [-0.25, -0.2) is 4.98 Å². The van der Waals surface area contributed by atoms with Crippen LogP contribution in [0.4, 0.5) is 10.2 Å². The molecule has 64 valence electrons. The van der Waals surface area contributed by atoms with E-state index in [1.54, 1.807) is 18.2 Å². The van der Waals surface area contributed by atoms with Crippen molar-refractivity contribution in [3.8, 4) is 0 Å². The third-order valence-electron chi connectivity index (χ3n) is 1.37. The summed E-state index contributed by atoms with van der Waals surface area (Å²) in [6.45, 7) is 4.31. The van der Waals surface area contributed by atoms with Crippen molar-refractivity contribution in [2.75, 3.05) is 11.9 Å². The molecule has 0 saturated heterocycles. The smallest absolute Gasteiger partial charge is 0.214 e. The molecule has 0 aromatic carbocycles. The summed E-state index contributed by atoms with van der Waals surface area (Å²) in [5.41, 5.74) is 0. The van der Waals surface area contributed by atoms with Gasteiger partial charge in [-0.15, -0.1) is 6.58 Å². The molecule has 1 aromatic heterocycles. The van der Waals surface area contributed by atoms with Crippen molar-refractivity contribution in [1.82, 2.24) is 4.98 Å². The molecule has 0 bridgehead atoms. The molecule has 1 N–H and O–H groups in total. The van der Waals surface area contributed by atoms with E-state index in [0.29, 0.717) is 5.82 Å². The van der Waals surface area contributed by atoms with Gasteiger partial charge in [0, 0.05) is 6.54 Å². The summed E-state index contributed by atoms with van der Waals surface area (Å²) in [7, 11) is 0. The molecule has 0 aliphatic rings. The van der Waals surface area contributed by atoms with E-state index >= 15 is 0 Å². The monoisotopic (exact) mass is 166 g/mol. The summed E-state index contributed by atoms with van der Waals surface area (Å²) < 4.78 is 12.5. The summed E-state index contributed by atoms with van der Waals surface area (Å²) in [5.74, 6) is 0.107. The molecule has 1 rings (SSSR count). The van der Waals surface area contributed by atoms with E-state index in [2.05, 4.69) is 16.9 Å². The normalized spacial score (nSPS) is 9.42. The first-order valence-electron chi connectivity index (χ1n) is 3.80. The Morgan fingerprint density at radius 3 is 3.08 bits per heavy atom. The number of aromatic nitrogens is 1. The molecule has 0 amide bonds. The average molecular weight is 166 g/mol. The Bertz CT molecular complexity index is 260. The molecule has 0 atom stereocenters. The zero-order valence-corrected chi connectivity index (χ0v) is 6.76. The van der Waals surface area contributed by atoms with Crippen LogP contribution in [0.3, 0.4) is 0 Å². The third-order valence-corrected chi connectivity index (χ3v) is 1.37. The van der Waals surface area contributed by atoms with E-state index in [1.807, 2.05) is 0 Å². The van der Waals surface area contributed by atoms with Crippen molar-refractivity contribution in [1.29, 1.82) is 0 Å². The Labute approximate surface area is 71.1 Å². The van der Waals surface area contributed by atoms with Gasteiger partial charge in [0.2, 0.25) is 5.95 Å².